The Labute approximate surface area is 119 Å². The predicted molar refractivity (Wildman–Crippen MR) is 69.1 cm³/mol. The molecule has 1 aromatic carbocycles. The molecule has 1 aliphatic rings. The number of benzene rings is 1. The van der Waals surface area contributed by atoms with Gasteiger partial charge in [0.15, 0.2) is 0 Å². The second kappa shape index (κ2) is 5.86. The lowest BCUT2D eigenvalue weighted by Crippen LogP contribution is -2.41. The number of likely N-dealkylation sites (tertiary alicyclic amines) is 1. The quantitative estimate of drug-likeness (QED) is 0.479. The maximum Gasteiger partial charge on any atom is 0.328 e. The Hall–Kier alpha value is -2.51. The summed E-state index contributed by atoms with van der Waals surface area (Å²) in [6.07, 6.45) is 0.996. The molecule has 1 saturated heterocycles. The van der Waals surface area contributed by atoms with E-state index in [0.29, 0.717) is 12.8 Å². The summed E-state index contributed by atoms with van der Waals surface area (Å²) in [7, 11) is 1.20. The highest BCUT2D eigenvalue weighted by atomic mass is 19.1. The summed E-state index contributed by atoms with van der Waals surface area (Å²) in [4.78, 5) is 35.4. The lowest BCUT2D eigenvalue weighted by molar-refractivity contribution is -0.385. The summed E-state index contributed by atoms with van der Waals surface area (Å²) in [5, 5.41) is 10.9. The highest BCUT2D eigenvalue weighted by Gasteiger charge is 2.37. The molecule has 0 radical (unpaired) electrons. The van der Waals surface area contributed by atoms with Crippen LogP contribution in [0.2, 0.25) is 0 Å². The molecule has 1 aliphatic heterocycles. The van der Waals surface area contributed by atoms with Crippen LogP contribution in [0.3, 0.4) is 0 Å². The average molecular weight is 296 g/mol. The van der Waals surface area contributed by atoms with E-state index in [1.54, 1.807) is 0 Å². The van der Waals surface area contributed by atoms with E-state index in [1.165, 1.54) is 12.0 Å². The van der Waals surface area contributed by atoms with Crippen LogP contribution >= 0.6 is 0 Å². The summed E-state index contributed by atoms with van der Waals surface area (Å²) in [5.41, 5.74) is -0.854. The summed E-state index contributed by atoms with van der Waals surface area (Å²) in [6.45, 7) is 0.270. The molecule has 0 saturated carbocycles. The molecule has 1 unspecified atom stereocenters. The Balaban J connectivity index is 2.37. The monoisotopic (exact) mass is 296 g/mol. The van der Waals surface area contributed by atoms with Crippen LogP contribution in [0.4, 0.5) is 10.1 Å². The molecule has 8 heteroatoms. The summed E-state index contributed by atoms with van der Waals surface area (Å²) in [5.74, 6) is -2.08. The number of nitro benzene ring substituents is 1. The van der Waals surface area contributed by atoms with Crippen LogP contribution in [0.5, 0.6) is 0 Å². The normalized spacial score (nSPS) is 17.6. The van der Waals surface area contributed by atoms with Gasteiger partial charge in [0.2, 0.25) is 0 Å². The van der Waals surface area contributed by atoms with Gasteiger partial charge in [0.05, 0.1) is 12.0 Å². The van der Waals surface area contributed by atoms with Gasteiger partial charge in [0.25, 0.3) is 11.6 Å². The molecule has 2 rings (SSSR count). The number of amides is 1. The van der Waals surface area contributed by atoms with Crippen LogP contribution in [0.1, 0.15) is 23.2 Å². The molecule has 0 bridgehead atoms. The second-order valence-electron chi connectivity index (χ2n) is 4.60. The van der Waals surface area contributed by atoms with Crippen molar-refractivity contribution in [3.63, 3.8) is 0 Å². The number of nitrogens with zero attached hydrogens (tertiary/aromatic N) is 2. The standard InChI is InChI=1S/C13H13FN2O5/c1-21-13(18)11-3-2-6-15(11)12(17)9-7-8(14)4-5-10(9)16(19)20/h4-5,7,11H,2-3,6H2,1H3. The fourth-order valence-electron chi connectivity index (χ4n) is 2.38. The second-order valence-corrected chi connectivity index (χ2v) is 4.60. The number of rotatable bonds is 3. The Morgan fingerprint density at radius 1 is 1.48 bits per heavy atom. The smallest absolute Gasteiger partial charge is 0.328 e. The van der Waals surface area contributed by atoms with Crippen molar-refractivity contribution in [1.82, 2.24) is 4.90 Å². The van der Waals surface area contributed by atoms with Crippen molar-refractivity contribution in [2.24, 2.45) is 0 Å². The van der Waals surface area contributed by atoms with E-state index < -0.39 is 34.3 Å². The first kappa shape index (κ1) is 14.9. The SMILES string of the molecule is COC(=O)C1CCCN1C(=O)c1cc(F)ccc1[N+](=O)[O-]. The van der Waals surface area contributed by atoms with E-state index in [9.17, 15) is 24.1 Å². The molecule has 1 amide bonds. The van der Waals surface area contributed by atoms with Gasteiger partial charge in [-0.15, -0.1) is 0 Å². The van der Waals surface area contributed by atoms with Crippen molar-refractivity contribution in [2.45, 2.75) is 18.9 Å². The minimum absolute atomic E-state index is 0.270. The largest absolute Gasteiger partial charge is 0.467 e. The Morgan fingerprint density at radius 2 is 2.19 bits per heavy atom. The molecule has 0 N–H and O–H groups in total. The van der Waals surface area contributed by atoms with Crippen LogP contribution in [-0.4, -0.2) is 41.4 Å². The van der Waals surface area contributed by atoms with Crippen molar-refractivity contribution < 1.29 is 23.6 Å². The number of hydrogen-bond acceptors (Lipinski definition) is 5. The molecular weight excluding hydrogens is 283 g/mol. The zero-order chi connectivity index (χ0) is 15.6. The fourth-order valence-corrected chi connectivity index (χ4v) is 2.38. The predicted octanol–water partition coefficient (Wildman–Crippen LogP) is 1.51. The van der Waals surface area contributed by atoms with E-state index in [2.05, 4.69) is 4.74 Å². The Morgan fingerprint density at radius 3 is 2.81 bits per heavy atom. The van der Waals surface area contributed by atoms with Gasteiger partial charge >= 0.3 is 5.97 Å². The van der Waals surface area contributed by atoms with Gasteiger partial charge in [0.1, 0.15) is 17.4 Å². The van der Waals surface area contributed by atoms with E-state index >= 15 is 0 Å². The first-order chi connectivity index (χ1) is 9.95. The number of halogens is 1. The lowest BCUT2D eigenvalue weighted by Gasteiger charge is -2.22. The van der Waals surface area contributed by atoms with Gasteiger partial charge in [-0.1, -0.05) is 0 Å². The molecule has 1 fully saturated rings. The minimum atomic E-state index is -0.787. The third-order valence-electron chi connectivity index (χ3n) is 3.37. The molecule has 1 aromatic rings. The fraction of sp³-hybridized carbons (Fsp3) is 0.385. The lowest BCUT2D eigenvalue weighted by atomic mass is 10.1. The number of esters is 1. The molecule has 1 heterocycles. The molecule has 21 heavy (non-hydrogen) atoms. The Bertz CT molecular complexity index is 604. The average Bonchev–Trinajstić information content (AvgIpc) is 2.94. The third-order valence-corrected chi connectivity index (χ3v) is 3.37. The first-order valence-electron chi connectivity index (χ1n) is 6.28. The minimum Gasteiger partial charge on any atom is -0.467 e. The maximum atomic E-state index is 13.3. The zero-order valence-electron chi connectivity index (χ0n) is 11.2. The van der Waals surface area contributed by atoms with Gasteiger partial charge in [-0.3, -0.25) is 14.9 Å². The molecule has 7 nitrogen and oxygen atoms in total. The van der Waals surface area contributed by atoms with E-state index in [4.69, 9.17) is 0 Å². The van der Waals surface area contributed by atoms with Gasteiger partial charge in [0, 0.05) is 12.6 Å². The number of methoxy groups -OCH3 is 1. The maximum absolute atomic E-state index is 13.3. The summed E-state index contributed by atoms with van der Waals surface area (Å²) >= 11 is 0. The van der Waals surface area contributed by atoms with Crippen molar-refractivity contribution in [2.75, 3.05) is 13.7 Å². The summed E-state index contributed by atoms with van der Waals surface area (Å²) < 4.78 is 17.9. The molecule has 0 aliphatic carbocycles. The van der Waals surface area contributed by atoms with Crippen LogP contribution in [0.15, 0.2) is 18.2 Å². The first-order valence-corrected chi connectivity index (χ1v) is 6.28. The van der Waals surface area contributed by atoms with Gasteiger partial charge in [-0.05, 0) is 25.0 Å². The van der Waals surface area contributed by atoms with Gasteiger partial charge < -0.3 is 9.64 Å². The molecule has 1 atom stereocenters. The topological polar surface area (TPSA) is 89.8 Å². The van der Waals surface area contributed by atoms with Gasteiger partial charge in [-0.25, -0.2) is 9.18 Å². The van der Waals surface area contributed by atoms with Crippen molar-refractivity contribution in [3.05, 3.63) is 39.7 Å². The summed E-state index contributed by atoms with van der Waals surface area (Å²) in [6, 6.07) is 1.88. The van der Waals surface area contributed by atoms with Crippen LogP contribution in [0, 0.1) is 15.9 Å². The Kier molecular flexibility index (Phi) is 4.15. The third kappa shape index (κ3) is 2.83. The number of nitro groups is 1. The molecular formula is C13H13FN2O5. The van der Waals surface area contributed by atoms with Crippen LogP contribution < -0.4 is 0 Å². The van der Waals surface area contributed by atoms with E-state index in [1.807, 2.05) is 0 Å². The zero-order valence-corrected chi connectivity index (χ0v) is 11.2. The number of ether oxygens (including phenoxy) is 1. The van der Waals surface area contributed by atoms with Crippen molar-refractivity contribution >= 4 is 17.6 Å². The van der Waals surface area contributed by atoms with E-state index in [-0.39, 0.29) is 12.1 Å². The number of carbonyl (C=O) groups excluding carboxylic acids is 2. The highest BCUT2D eigenvalue weighted by Crippen LogP contribution is 2.26. The number of hydrogen-bond donors (Lipinski definition) is 0. The highest BCUT2D eigenvalue weighted by molar-refractivity contribution is 6.00. The van der Waals surface area contributed by atoms with Crippen molar-refractivity contribution in [3.8, 4) is 0 Å². The van der Waals surface area contributed by atoms with Gasteiger partial charge in [-0.2, -0.15) is 0 Å². The van der Waals surface area contributed by atoms with E-state index in [0.717, 1.165) is 18.2 Å². The molecule has 112 valence electrons. The number of carbonyl (C=O) groups is 2. The molecule has 0 spiro atoms. The molecule has 0 aromatic heterocycles. The van der Waals surface area contributed by atoms with Crippen molar-refractivity contribution in [1.29, 1.82) is 0 Å². The van der Waals surface area contributed by atoms with Crippen LogP contribution in [-0.2, 0) is 9.53 Å². The van der Waals surface area contributed by atoms with Crippen LogP contribution in [0.25, 0.3) is 0 Å².